The molecule has 0 radical (unpaired) electrons. The Kier molecular flexibility index (Phi) is 3.68. The lowest BCUT2D eigenvalue weighted by Crippen LogP contribution is -2.17. The molecule has 2 heterocycles. The van der Waals surface area contributed by atoms with Crippen molar-refractivity contribution in [1.29, 1.82) is 0 Å². The first-order valence-corrected chi connectivity index (χ1v) is 6.81. The Morgan fingerprint density at radius 2 is 1.90 bits per heavy atom. The Hall–Kier alpha value is -2.63. The second kappa shape index (κ2) is 5.78. The van der Waals surface area contributed by atoms with Gasteiger partial charge in [0.1, 0.15) is 5.69 Å². The SMILES string of the molecule is CCc1nc(N(C)Cc2cc(-c3ccccc3)no2)no1. The average Bonchev–Trinajstić information content (AvgIpc) is 3.17. The van der Waals surface area contributed by atoms with E-state index in [-0.39, 0.29) is 0 Å². The number of anilines is 1. The van der Waals surface area contributed by atoms with Gasteiger partial charge in [0.05, 0.1) is 6.54 Å². The van der Waals surface area contributed by atoms with Gasteiger partial charge in [-0.15, -0.1) is 0 Å². The first-order valence-electron chi connectivity index (χ1n) is 6.81. The van der Waals surface area contributed by atoms with Crippen LogP contribution in [-0.2, 0) is 13.0 Å². The quantitative estimate of drug-likeness (QED) is 0.717. The van der Waals surface area contributed by atoms with Crippen molar-refractivity contribution in [2.75, 3.05) is 11.9 Å². The van der Waals surface area contributed by atoms with Crippen LogP contribution >= 0.6 is 0 Å². The zero-order valence-corrected chi connectivity index (χ0v) is 12.0. The van der Waals surface area contributed by atoms with Crippen LogP contribution in [0.3, 0.4) is 0 Å². The van der Waals surface area contributed by atoms with Gasteiger partial charge in [-0.05, 0) is 5.16 Å². The molecule has 0 aliphatic heterocycles. The fourth-order valence-corrected chi connectivity index (χ4v) is 1.98. The number of rotatable bonds is 5. The molecule has 0 atom stereocenters. The van der Waals surface area contributed by atoms with E-state index in [1.54, 1.807) is 0 Å². The molecule has 2 aromatic heterocycles. The smallest absolute Gasteiger partial charge is 0.266 e. The second-order valence-electron chi connectivity index (χ2n) is 4.74. The highest BCUT2D eigenvalue weighted by molar-refractivity contribution is 5.58. The van der Waals surface area contributed by atoms with Crippen molar-refractivity contribution in [3.8, 4) is 11.3 Å². The summed E-state index contributed by atoms with van der Waals surface area (Å²) in [5.74, 6) is 1.92. The van der Waals surface area contributed by atoms with Gasteiger partial charge in [-0.2, -0.15) is 4.98 Å². The Balaban J connectivity index is 1.72. The second-order valence-corrected chi connectivity index (χ2v) is 4.74. The van der Waals surface area contributed by atoms with Crippen molar-refractivity contribution in [3.05, 3.63) is 48.0 Å². The molecule has 0 aliphatic carbocycles. The molecule has 0 saturated heterocycles. The van der Waals surface area contributed by atoms with Crippen LogP contribution in [-0.4, -0.2) is 22.3 Å². The molecule has 3 rings (SSSR count). The van der Waals surface area contributed by atoms with Gasteiger partial charge in [0.25, 0.3) is 5.95 Å². The highest BCUT2D eigenvalue weighted by atomic mass is 16.5. The van der Waals surface area contributed by atoms with Crippen LogP contribution < -0.4 is 4.90 Å². The summed E-state index contributed by atoms with van der Waals surface area (Å²) in [7, 11) is 1.88. The van der Waals surface area contributed by atoms with Crippen LogP contribution in [0.5, 0.6) is 0 Å². The van der Waals surface area contributed by atoms with Crippen LogP contribution in [0, 0.1) is 0 Å². The van der Waals surface area contributed by atoms with E-state index in [1.165, 1.54) is 0 Å². The fourth-order valence-electron chi connectivity index (χ4n) is 1.98. The maximum Gasteiger partial charge on any atom is 0.266 e. The molecular weight excluding hydrogens is 268 g/mol. The summed E-state index contributed by atoms with van der Waals surface area (Å²) in [4.78, 5) is 6.13. The number of hydrogen-bond acceptors (Lipinski definition) is 6. The largest absolute Gasteiger partial charge is 0.359 e. The van der Waals surface area contributed by atoms with Crippen LogP contribution in [0.25, 0.3) is 11.3 Å². The van der Waals surface area contributed by atoms with Gasteiger partial charge >= 0.3 is 0 Å². The number of aromatic nitrogens is 3. The molecule has 0 bridgehead atoms. The van der Waals surface area contributed by atoms with Crippen molar-refractivity contribution in [1.82, 2.24) is 15.3 Å². The van der Waals surface area contributed by atoms with E-state index < -0.39 is 0 Å². The number of hydrogen-bond donors (Lipinski definition) is 0. The minimum absolute atomic E-state index is 0.530. The summed E-state index contributed by atoms with van der Waals surface area (Å²) in [5, 5.41) is 8.01. The lowest BCUT2D eigenvalue weighted by molar-refractivity contribution is 0.375. The van der Waals surface area contributed by atoms with Crippen molar-refractivity contribution >= 4 is 5.95 Å². The van der Waals surface area contributed by atoms with Gasteiger partial charge in [0.15, 0.2) is 5.76 Å². The van der Waals surface area contributed by atoms with E-state index in [0.717, 1.165) is 23.4 Å². The molecule has 0 fully saturated rings. The van der Waals surface area contributed by atoms with Gasteiger partial charge in [0.2, 0.25) is 5.89 Å². The first-order chi connectivity index (χ1) is 10.3. The topological polar surface area (TPSA) is 68.2 Å². The van der Waals surface area contributed by atoms with Gasteiger partial charge in [-0.25, -0.2) is 0 Å². The van der Waals surface area contributed by atoms with Gasteiger partial charge in [0, 0.05) is 25.1 Å². The summed E-state index contributed by atoms with van der Waals surface area (Å²) in [6.07, 6.45) is 0.724. The van der Waals surface area contributed by atoms with Crippen molar-refractivity contribution < 1.29 is 9.05 Å². The Labute approximate surface area is 122 Å². The number of benzene rings is 1. The fraction of sp³-hybridized carbons (Fsp3) is 0.267. The Morgan fingerprint density at radius 3 is 2.62 bits per heavy atom. The van der Waals surface area contributed by atoms with Gasteiger partial charge in [-0.1, -0.05) is 42.4 Å². The van der Waals surface area contributed by atoms with Crippen LogP contribution in [0.15, 0.2) is 45.4 Å². The minimum Gasteiger partial charge on any atom is -0.359 e. The molecule has 0 N–H and O–H groups in total. The normalized spacial score (nSPS) is 10.8. The molecule has 1 aromatic carbocycles. The van der Waals surface area contributed by atoms with Crippen molar-refractivity contribution in [3.63, 3.8) is 0 Å². The summed E-state index contributed by atoms with van der Waals surface area (Å²) in [5.41, 5.74) is 1.85. The Morgan fingerprint density at radius 1 is 1.10 bits per heavy atom. The molecule has 0 spiro atoms. The predicted molar refractivity (Wildman–Crippen MR) is 77.7 cm³/mol. The average molecular weight is 284 g/mol. The third-order valence-corrected chi connectivity index (χ3v) is 3.12. The maximum absolute atomic E-state index is 5.37. The van der Waals surface area contributed by atoms with E-state index in [1.807, 2.05) is 55.3 Å². The molecule has 0 saturated carbocycles. The monoisotopic (exact) mass is 284 g/mol. The molecule has 0 unspecified atom stereocenters. The van der Waals surface area contributed by atoms with Gasteiger partial charge in [-0.3, -0.25) is 0 Å². The van der Waals surface area contributed by atoms with Crippen molar-refractivity contribution in [2.24, 2.45) is 0 Å². The summed E-state index contributed by atoms with van der Waals surface area (Å²) in [6, 6.07) is 11.8. The predicted octanol–water partition coefficient (Wildman–Crippen LogP) is 2.92. The molecule has 0 aliphatic rings. The van der Waals surface area contributed by atoms with E-state index in [4.69, 9.17) is 9.05 Å². The molecule has 108 valence electrons. The van der Waals surface area contributed by atoms with E-state index in [9.17, 15) is 0 Å². The lowest BCUT2D eigenvalue weighted by atomic mass is 10.1. The summed E-state index contributed by atoms with van der Waals surface area (Å²) >= 11 is 0. The number of nitrogens with zero attached hydrogens (tertiary/aromatic N) is 4. The van der Waals surface area contributed by atoms with Crippen molar-refractivity contribution in [2.45, 2.75) is 19.9 Å². The molecule has 0 amide bonds. The van der Waals surface area contributed by atoms with Crippen LogP contribution in [0.2, 0.25) is 0 Å². The summed E-state index contributed by atoms with van der Waals surface area (Å²) < 4.78 is 10.5. The molecule has 6 nitrogen and oxygen atoms in total. The third-order valence-electron chi connectivity index (χ3n) is 3.12. The lowest BCUT2D eigenvalue weighted by Gasteiger charge is -2.10. The van der Waals surface area contributed by atoms with E-state index >= 15 is 0 Å². The highest BCUT2D eigenvalue weighted by Gasteiger charge is 2.13. The van der Waals surface area contributed by atoms with E-state index in [0.29, 0.717) is 18.4 Å². The third kappa shape index (κ3) is 2.94. The first kappa shape index (κ1) is 13.4. The molecule has 6 heteroatoms. The van der Waals surface area contributed by atoms with E-state index in [2.05, 4.69) is 15.3 Å². The number of aryl methyl sites for hydroxylation is 1. The van der Waals surface area contributed by atoms with Crippen LogP contribution in [0.1, 0.15) is 18.6 Å². The highest BCUT2D eigenvalue weighted by Crippen LogP contribution is 2.20. The molecule has 3 aromatic rings. The Bertz CT molecular complexity index is 705. The zero-order chi connectivity index (χ0) is 14.7. The minimum atomic E-state index is 0.530. The maximum atomic E-state index is 5.37. The molecule has 21 heavy (non-hydrogen) atoms. The zero-order valence-electron chi connectivity index (χ0n) is 12.0. The van der Waals surface area contributed by atoms with Gasteiger partial charge < -0.3 is 13.9 Å². The molecular formula is C15H16N4O2. The van der Waals surface area contributed by atoms with Crippen LogP contribution in [0.4, 0.5) is 5.95 Å². The summed E-state index contributed by atoms with van der Waals surface area (Å²) in [6.45, 7) is 2.50. The standard InChI is InChI=1S/C15H16N4O2/c1-3-14-16-15(18-21-14)19(2)10-12-9-13(17-20-12)11-7-5-4-6-8-11/h4-9H,3,10H2,1-2H3.